The first-order valence-electron chi connectivity index (χ1n) is 12.2. The summed E-state index contributed by atoms with van der Waals surface area (Å²) in [5.74, 6) is -1.47. The van der Waals surface area contributed by atoms with Gasteiger partial charge in [-0.1, -0.05) is 13.2 Å². The molecule has 224 valence electrons. The van der Waals surface area contributed by atoms with E-state index in [-0.39, 0.29) is 24.1 Å². The Balaban J connectivity index is 0. The Morgan fingerprint density at radius 3 is 1.32 bits per heavy atom. The fourth-order valence-corrected chi connectivity index (χ4v) is 3.95. The van der Waals surface area contributed by atoms with Crippen LogP contribution in [0.4, 0.5) is 0 Å². The summed E-state index contributed by atoms with van der Waals surface area (Å²) in [5, 5.41) is 0. The molecule has 0 aliphatic rings. The number of rotatable bonds is 18. The van der Waals surface area contributed by atoms with E-state index in [0.29, 0.717) is 65.6 Å². The van der Waals surface area contributed by atoms with Crippen molar-refractivity contribution >= 4 is 32.2 Å². The summed E-state index contributed by atoms with van der Waals surface area (Å²) in [7, 11) is -0.454. The van der Waals surface area contributed by atoms with Gasteiger partial charge in [0.1, 0.15) is 26.3 Å². The van der Waals surface area contributed by atoms with Gasteiger partial charge < -0.3 is 27.5 Å². The Bertz CT molecular complexity index is 988. The third-order valence-electron chi connectivity index (χ3n) is 5.37. The molecule has 0 fully saturated rings. The lowest BCUT2D eigenvalue weighted by atomic mass is 10.2. The van der Waals surface area contributed by atoms with Crippen LogP contribution < -0.4 is 0 Å². The van der Waals surface area contributed by atoms with E-state index in [4.69, 9.17) is 9.47 Å². The highest BCUT2D eigenvalue weighted by Crippen LogP contribution is 2.06. The van der Waals surface area contributed by atoms with Crippen molar-refractivity contribution in [2.45, 2.75) is 39.5 Å². The molecule has 0 unspecified atom stereocenters. The topological polar surface area (TPSA) is 167 Å². The van der Waals surface area contributed by atoms with Crippen LogP contribution in [0.15, 0.2) is 24.3 Å². The van der Waals surface area contributed by atoms with Gasteiger partial charge >= 0.3 is 11.9 Å². The summed E-state index contributed by atoms with van der Waals surface area (Å²) >= 11 is 0. The molecule has 0 amide bonds. The molecule has 12 nitrogen and oxygen atoms in total. The van der Waals surface area contributed by atoms with E-state index in [1.54, 1.807) is 13.8 Å². The van der Waals surface area contributed by atoms with Crippen molar-refractivity contribution in [2.24, 2.45) is 0 Å². The van der Waals surface area contributed by atoms with Gasteiger partial charge in [-0.3, -0.25) is 0 Å². The fourth-order valence-electron chi connectivity index (χ4n) is 2.91. The number of quaternary nitrogens is 2. The summed E-state index contributed by atoms with van der Waals surface area (Å²) in [5.41, 5.74) is 0.729. The lowest BCUT2D eigenvalue weighted by molar-refractivity contribution is -0.890. The van der Waals surface area contributed by atoms with Gasteiger partial charge in [-0.05, 0) is 33.1 Å². The van der Waals surface area contributed by atoms with E-state index < -0.39 is 26.2 Å². The molecule has 0 saturated heterocycles. The zero-order chi connectivity index (χ0) is 30.2. The number of ether oxygens (including phenoxy) is 2. The van der Waals surface area contributed by atoms with Crippen molar-refractivity contribution in [3.05, 3.63) is 24.3 Å². The van der Waals surface area contributed by atoms with E-state index in [1.807, 2.05) is 28.2 Å². The van der Waals surface area contributed by atoms with Gasteiger partial charge in [0.2, 0.25) is 0 Å². The lowest BCUT2D eigenvalue weighted by Gasteiger charge is -2.29. The molecule has 0 saturated carbocycles. The van der Waals surface area contributed by atoms with Crippen LogP contribution in [0.25, 0.3) is 0 Å². The van der Waals surface area contributed by atoms with Crippen LogP contribution in [0.5, 0.6) is 0 Å². The standard InChI is InChI=1S/C13H25NO5S.C11H21NO5S/c1-12(2)13(15)19-10-9-14(3,4)8-6-5-7-11-20(16,17)18;1-10(2)11(13)17-8-7-12(3,4)6-5-9-18(14,15)16/h1,5-11H2,2-4H3;1,5-9H2,2-4H3. The minimum absolute atomic E-state index is 0.239. The maximum Gasteiger partial charge on any atom is 0.333 e. The van der Waals surface area contributed by atoms with Crippen LogP contribution in [0.3, 0.4) is 0 Å². The highest BCUT2D eigenvalue weighted by atomic mass is 32.2. The maximum atomic E-state index is 11.2. The number of carbonyl (C=O) groups is 2. The van der Waals surface area contributed by atoms with E-state index in [0.717, 1.165) is 13.0 Å². The van der Waals surface area contributed by atoms with Gasteiger partial charge in [-0.15, -0.1) is 0 Å². The number of unbranched alkanes of at least 4 members (excludes halogenated alkanes) is 2. The predicted molar refractivity (Wildman–Crippen MR) is 143 cm³/mol. The predicted octanol–water partition coefficient (Wildman–Crippen LogP) is 1.02. The normalized spacial score (nSPS) is 12.2. The average Bonchev–Trinajstić information content (AvgIpc) is 2.71. The Kier molecular flexibility index (Phi) is 17.8. The maximum absolute atomic E-state index is 11.2. The summed E-state index contributed by atoms with van der Waals surface area (Å²) in [4.78, 5) is 22.3. The zero-order valence-corrected chi connectivity index (χ0v) is 25.3. The van der Waals surface area contributed by atoms with Gasteiger partial charge in [-0.2, -0.15) is 0 Å². The molecule has 0 aromatic rings. The molecule has 0 bridgehead atoms. The second-order valence-corrected chi connectivity index (χ2v) is 13.6. The molecule has 0 N–H and O–H groups in total. The van der Waals surface area contributed by atoms with Crippen LogP contribution in [0, 0.1) is 0 Å². The SMILES string of the molecule is C=C(C)C(=O)OCC[N+](C)(C)CCCCCS(=O)(=O)[O-].C=C(C)C(=O)OCC[N+](C)(C)CCCS(=O)(=O)[O-]. The molecular formula is C24H46N2O10S2. The van der Waals surface area contributed by atoms with Crippen LogP contribution in [-0.2, 0) is 39.3 Å². The van der Waals surface area contributed by atoms with Crippen molar-refractivity contribution < 1.29 is 54.0 Å². The monoisotopic (exact) mass is 586 g/mol. The first-order chi connectivity index (χ1) is 17.1. The molecule has 14 heteroatoms. The van der Waals surface area contributed by atoms with E-state index in [2.05, 4.69) is 13.2 Å². The van der Waals surface area contributed by atoms with Crippen LogP contribution >= 0.6 is 0 Å². The smallest absolute Gasteiger partial charge is 0.333 e. The average molecular weight is 587 g/mol. The molecule has 0 spiro atoms. The van der Waals surface area contributed by atoms with Crippen molar-refractivity contribution in [2.75, 3.05) is 79.1 Å². The van der Waals surface area contributed by atoms with Gasteiger partial charge in [-0.25, -0.2) is 26.4 Å². The number of esters is 2. The van der Waals surface area contributed by atoms with E-state index in [1.165, 1.54) is 0 Å². The van der Waals surface area contributed by atoms with Gasteiger partial charge in [0.25, 0.3) is 0 Å². The number of nitrogens with zero attached hydrogens (tertiary/aromatic N) is 2. The van der Waals surface area contributed by atoms with Crippen LogP contribution in [0.1, 0.15) is 39.5 Å². The highest BCUT2D eigenvalue weighted by molar-refractivity contribution is 7.85. The summed E-state index contributed by atoms with van der Waals surface area (Å²) < 4.78 is 73.8. The first-order valence-corrected chi connectivity index (χ1v) is 15.4. The van der Waals surface area contributed by atoms with Crippen molar-refractivity contribution in [3.8, 4) is 0 Å². The quantitative estimate of drug-likeness (QED) is 0.0743. The minimum Gasteiger partial charge on any atom is -0.748 e. The van der Waals surface area contributed by atoms with Gasteiger partial charge in [0, 0.05) is 29.1 Å². The lowest BCUT2D eigenvalue weighted by Crippen LogP contribution is -2.43. The second kappa shape index (κ2) is 17.7. The van der Waals surface area contributed by atoms with E-state index in [9.17, 15) is 35.5 Å². The molecule has 0 atom stereocenters. The summed E-state index contributed by atoms with van der Waals surface area (Å²) in [6, 6.07) is 0. The van der Waals surface area contributed by atoms with Crippen molar-refractivity contribution in [1.29, 1.82) is 0 Å². The Hall–Kier alpha value is -1.84. The molecule has 0 aliphatic carbocycles. The van der Waals surface area contributed by atoms with Gasteiger partial charge in [0.05, 0.1) is 61.5 Å². The first kappa shape index (κ1) is 38.3. The summed E-state index contributed by atoms with van der Waals surface area (Å²) in [6.07, 6.45) is 2.23. The molecule has 0 aromatic carbocycles. The number of hydrogen-bond acceptors (Lipinski definition) is 10. The second-order valence-electron chi connectivity index (χ2n) is 10.5. The van der Waals surface area contributed by atoms with E-state index >= 15 is 0 Å². The fraction of sp³-hybridized carbons (Fsp3) is 0.750. The zero-order valence-electron chi connectivity index (χ0n) is 23.7. The Morgan fingerprint density at radius 1 is 0.632 bits per heavy atom. The largest absolute Gasteiger partial charge is 0.748 e. The third kappa shape index (κ3) is 25.8. The highest BCUT2D eigenvalue weighted by Gasteiger charge is 2.17. The Morgan fingerprint density at radius 2 is 0.974 bits per heavy atom. The van der Waals surface area contributed by atoms with Crippen molar-refractivity contribution in [3.63, 3.8) is 0 Å². The third-order valence-corrected chi connectivity index (χ3v) is 6.95. The van der Waals surface area contributed by atoms with Crippen LogP contribution in [0.2, 0.25) is 0 Å². The molecule has 0 aliphatic heterocycles. The molecule has 38 heavy (non-hydrogen) atoms. The molecule has 0 heterocycles. The van der Waals surface area contributed by atoms with Crippen LogP contribution in [-0.4, -0.2) is 126 Å². The minimum atomic E-state index is -4.15. The van der Waals surface area contributed by atoms with Crippen molar-refractivity contribution in [1.82, 2.24) is 0 Å². The number of likely N-dealkylation sites (N-methyl/N-ethyl adjacent to an activating group) is 2. The summed E-state index contributed by atoms with van der Waals surface area (Å²) in [6.45, 7) is 13.3. The molecule has 0 aromatic heterocycles. The number of hydrogen-bond donors (Lipinski definition) is 0. The molecular weight excluding hydrogens is 540 g/mol. The molecule has 0 radical (unpaired) electrons. The Labute approximate surface area is 229 Å². The molecule has 0 rings (SSSR count). The number of carbonyl (C=O) groups excluding carboxylic acids is 2. The van der Waals surface area contributed by atoms with Gasteiger partial charge in [0.15, 0.2) is 0 Å².